The van der Waals surface area contributed by atoms with Gasteiger partial charge in [-0.2, -0.15) is 0 Å². The Morgan fingerprint density at radius 1 is 0.846 bits per heavy atom. The summed E-state index contributed by atoms with van der Waals surface area (Å²) in [6.07, 6.45) is 7.95. The summed E-state index contributed by atoms with van der Waals surface area (Å²) in [5.74, 6) is 0. The van der Waals surface area contributed by atoms with Crippen LogP contribution in [-0.2, 0) is 10.8 Å². The molecule has 0 amide bonds. The van der Waals surface area contributed by atoms with Gasteiger partial charge in [0, 0.05) is 0 Å². The number of aryl methyl sites for hydroxylation is 1. The van der Waals surface area contributed by atoms with Crippen LogP contribution in [0.15, 0.2) is 54.6 Å². The molecule has 0 aromatic heterocycles. The Balaban J connectivity index is 1.86. The summed E-state index contributed by atoms with van der Waals surface area (Å²) in [7, 11) is 0. The summed E-state index contributed by atoms with van der Waals surface area (Å²) in [6.45, 7) is 12.2. The van der Waals surface area contributed by atoms with E-state index < -0.39 is 0 Å². The first-order chi connectivity index (χ1) is 12.3. The molecule has 0 nitrogen and oxygen atoms in total. The van der Waals surface area contributed by atoms with Gasteiger partial charge in [-0.25, -0.2) is 0 Å². The predicted octanol–water partition coefficient (Wildman–Crippen LogP) is 7.59. The Hall–Kier alpha value is -1.56. The molecule has 0 aliphatic heterocycles. The molecule has 0 bridgehead atoms. The van der Waals surface area contributed by atoms with Crippen LogP contribution in [0.2, 0.25) is 0 Å². The molecular weight excluding hydrogens is 312 g/mol. The maximum atomic E-state index is 2.56. The van der Waals surface area contributed by atoms with Crippen LogP contribution in [0.5, 0.6) is 0 Å². The van der Waals surface area contributed by atoms with Gasteiger partial charge in [-0.15, -0.1) is 0 Å². The molecular formula is C26H36. The molecule has 2 aromatic carbocycles. The van der Waals surface area contributed by atoms with Crippen molar-refractivity contribution >= 4 is 0 Å². The minimum absolute atomic E-state index is 0.226. The van der Waals surface area contributed by atoms with Crippen molar-refractivity contribution < 1.29 is 0 Å². The Morgan fingerprint density at radius 2 is 1.46 bits per heavy atom. The summed E-state index contributed by atoms with van der Waals surface area (Å²) < 4.78 is 0. The van der Waals surface area contributed by atoms with Crippen molar-refractivity contribution in [3.05, 3.63) is 71.3 Å². The molecule has 0 spiro atoms. The SMILES string of the molecule is Cc1ccccc1C(C)(C)CC[C@]1(C)CCCC[C@]1(C)c1ccccc1. The number of hydrogen-bond acceptors (Lipinski definition) is 0. The van der Waals surface area contributed by atoms with Crippen LogP contribution < -0.4 is 0 Å². The Morgan fingerprint density at radius 3 is 2.15 bits per heavy atom. The fourth-order valence-corrected chi connectivity index (χ4v) is 5.33. The molecule has 0 heteroatoms. The van der Waals surface area contributed by atoms with E-state index in [-0.39, 0.29) is 10.8 Å². The maximum Gasteiger partial charge on any atom is -0.00215 e. The summed E-state index contributed by atoms with van der Waals surface area (Å²) in [5.41, 5.74) is 5.36. The van der Waals surface area contributed by atoms with Crippen LogP contribution in [0.25, 0.3) is 0 Å². The Bertz CT molecular complexity index is 727. The fourth-order valence-electron chi connectivity index (χ4n) is 5.33. The van der Waals surface area contributed by atoms with Gasteiger partial charge in [0.1, 0.15) is 0 Å². The van der Waals surface area contributed by atoms with E-state index in [0.717, 1.165) is 0 Å². The van der Waals surface area contributed by atoms with Crippen molar-refractivity contribution in [1.29, 1.82) is 0 Å². The second-order valence-electron chi connectivity index (χ2n) is 9.66. The molecule has 0 saturated heterocycles. The molecule has 26 heavy (non-hydrogen) atoms. The number of rotatable bonds is 5. The average Bonchev–Trinajstić information content (AvgIpc) is 2.64. The summed E-state index contributed by atoms with van der Waals surface area (Å²) in [6, 6.07) is 20.2. The van der Waals surface area contributed by atoms with Crippen LogP contribution in [-0.4, -0.2) is 0 Å². The van der Waals surface area contributed by atoms with Gasteiger partial charge in [0.15, 0.2) is 0 Å². The smallest absolute Gasteiger partial charge is 0.00215 e. The molecule has 2 aromatic rings. The zero-order valence-corrected chi connectivity index (χ0v) is 17.4. The van der Waals surface area contributed by atoms with Crippen molar-refractivity contribution in [3.8, 4) is 0 Å². The third kappa shape index (κ3) is 3.48. The minimum atomic E-state index is 0.226. The van der Waals surface area contributed by atoms with Gasteiger partial charge in [0.25, 0.3) is 0 Å². The van der Waals surface area contributed by atoms with E-state index in [0.29, 0.717) is 5.41 Å². The van der Waals surface area contributed by atoms with Crippen molar-refractivity contribution in [1.82, 2.24) is 0 Å². The molecule has 1 aliphatic rings. The highest BCUT2D eigenvalue weighted by atomic mass is 14.5. The highest BCUT2D eigenvalue weighted by molar-refractivity contribution is 5.33. The third-order valence-corrected chi connectivity index (χ3v) is 7.57. The van der Waals surface area contributed by atoms with E-state index in [1.165, 1.54) is 55.2 Å². The van der Waals surface area contributed by atoms with E-state index in [4.69, 9.17) is 0 Å². The predicted molar refractivity (Wildman–Crippen MR) is 114 cm³/mol. The monoisotopic (exact) mass is 348 g/mol. The standard InChI is InChI=1S/C26H36/c1-21-13-9-10-16-23(21)24(2,3)19-20-25(4)17-11-12-18-26(25,5)22-14-7-6-8-15-22/h6-10,13-16H,11-12,17-20H2,1-5H3/t25-,26+/m0/s1. The largest absolute Gasteiger partial charge is 0.0622 e. The zero-order valence-electron chi connectivity index (χ0n) is 17.4. The van der Waals surface area contributed by atoms with Gasteiger partial charge in [0.05, 0.1) is 0 Å². The summed E-state index contributed by atoms with van der Waals surface area (Å²) in [5, 5.41) is 0. The molecule has 1 aliphatic carbocycles. The average molecular weight is 349 g/mol. The van der Waals surface area contributed by atoms with Gasteiger partial charge in [-0.05, 0) is 65.5 Å². The third-order valence-electron chi connectivity index (χ3n) is 7.57. The lowest BCUT2D eigenvalue weighted by Crippen LogP contribution is -2.45. The molecule has 0 N–H and O–H groups in total. The number of hydrogen-bond donors (Lipinski definition) is 0. The van der Waals surface area contributed by atoms with Gasteiger partial charge in [-0.1, -0.05) is 95.1 Å². The van der Waals surface area contributed by atoms with Gasteiger partial charge < -0.3 is 0 Å². The van der Waals surface area contributed by atoms with E-state index in [1.54, 1.807) is 0 Å². The van der Waals surface area contributed by atoms with Crippen molar-refractivity contribution in [2.75, 3.05) is 0 Å². The Labute approximate surface area is 161 Å². The molecule has 0 unspecified atom stereocenters. The van der Waals surface area contributed by atoms with Crippen LogP contribution >= 0.6 is 0 Å². The lowest BCUT2D eigenvalue weighted by molar-refractivity contribution is 0.0687. The molecule has 0 heterocycles. The molecule has 1 saturated carbocycles. The highest BCUT2D eigenvalue weighted by Crippen LogP contribution is 2.55. The molecule has 140 valence electrons. The van der Waals surface area contributed by atoms with Gasteiger partial charge >= 0.3 is 0 Å². The molecule has 1 fully saturated rings. The van der Waals surface area contributed by atoms with E-state index in [1.807, 2.05) is 0 Å². The second kappa shape index (κ2) is 7.22. The normalized spacial score (nSPS) is 26.7. The van der Waals surface area contributed by atoms with Crippen LogP contribution in [0.1, 0.15) is 82.9 Å². The first-order valence-electron chi connectivity index (χ1n) is 10.4. The van der Waals surface area contributed by atoms with Crippen molar-refractivity contribution in [2.45, 2.75) is 84.0 Å². The van der Waals surface area contributed by atoms with E-state index >= 15 is 0 Å². The van der Waals surface area contributed by atoms with Crippen molar-refractivity contribution in [3.63, 3.8) is 0 Å². The van der Waals surface area contributed by atoms with Gasteiger partial charge in [-0.3, -0.25) is 0 Å². The topological polar surface area (TPSA) is 0 Å². The highest BCUT2D eigenvalue weighted by Gasteiger charge is 2.47. The fraction of sp³-hybridized carbons (Fsp3) is 0.538. The molecule has 2 atom stereocenters. The van der Waals surface area contributed by atoms with Crippen LogP contribution in [0, 0.1) is 12.3 Å². The lowest BCUT2D eigenvalue weighted by Gasteiger charge is -2.52. The zero-order chi connectivity index (χ0) is 18.8. The molecule has 0 radical (unpaired) electrons. The van der Waals surface area contributed by atoms with Crippen LogP contribution in [0.3, 0.4) is 0 Å². The Kier molecular flexibility index (Phi) is 5.33. The molecule has 3 rings (SSSR count). The minimum Gasteiger partial charge on any atom is -0.0622 e. The summed E-state index contributed by atoms with van der Waals surface area (Å²) in [4.78, 5) is 0. The quantitative estimate of drug-likeness (QED) is 0.522. The lowest BCUT2D eigenvalue weighted by atomic mass is 9.52. The number of benzene rings is 2. The van der Waals surface area contributed by atoms with Gasteiger partial charge in [0.2, 0.25) is 0 Å². The maximum absolute atomic E-state index is 2.56. The van der Waals surface area contributed by atoms with E-state index in [2.05, 4.69) is 89.2 Å². The first kappa shape index (κ1) is 19.2. The van der Waals surface area contributed by atoms with E-state index in [9.17, 15) is 0 Å². The first-order valence-corrected chi connectivity index (χ1v) is 10.4. The second-order valence-corrected chi connectivity index (χ2v) is 9.66. The van der Waals surface area contributed by atoms with Crippen molar-refractivity contribution in [2.24, 2.45) is 5.41 Å². The summed E-state index contributed by atoms with van der Waals surface area (Å²) >= 11 is 0. The van der Waals surface area contributed by atoms with Crippen LogP contribution in [0.4, 0.5) is 0 Å².